The van der Waals surface area contributed by atoms with Gasteiger partial charge in [-0.25, -0.2) is 0 Å². The Hall–Kier alpha value is -1.63. The number of rotatable bonds is 4. The molecule has 3 fully saturated rings. The lowest BCUT2D eigenvalue weighted by Crippen LogP contribution is -2.62. The van der Waals surface area contributed by atoms with Gasteiger partial charge in [0.15, 0.2) is 5.06 Å². The molecule has 3 aliphatic rings. The Morgan fingerprint density at radius 2 is 2.16 bits per heavy atom. The molecule has 2 bridgehead atoms. The molecule has 1 N–H and O–H groups in total. The molecule has 0 radical (unpaired) electrons. The van der Waals surface area contributed by atoms with E-state index in [1.165, 1.54) is 24.2 Å². The molecule has 132 valence electrons. The maximum atomic E-state index is 12.6. The van der Waals surface area contributed by atoms with Gasteiger partial charge in [-0.05, 0) is 50.9 Å². The molecule has 0 spiro atoms. The van der Waals surface area contributed by atoms with Gasteiger partial charge in [0.2, 0.25) is 0 Å². The Labute approximate surface area is 156 Å². The number of piperidine rings is 3. The molecule has 25 heavy (non-hydrogen) atoms. The SMILES string of the molecule is C[C@H]1[C@H](NC(=O)c2ccc(Oc3cncc(Cl)c3)s2)C2CCN1CC2. The van der Waals surface area contributed by atoms with Gasteiger partial charge in [0, 0.05) is 24.3 Å². The van der Waals surface area contributed by atoms with Crippen LogP contribution in [0.15, 0.2) is 30.6 Å². The highest BCUT2D eigenvalue weighted by Crippen LogP contribution is 2.33. The smallest absolute Gasteiger partial charge is 0.261 e. The van der Waals surface area contributed by atoms with Gasteiger partial charge in [0.1, 0.15) is 5.75 Å². The van der Waals surface area contributed by atoms with Crippen molar-refractivity contribution in [1.29, 1.82) is 0 Å². The molecule has 0 aromatic carbocycles. The monoisotopic (exact) mass is 377 g/mol. The van der Waals surface area contributed by atoms with Crippen LogP contribution in [0.25, 0.3) is 0 Å². The highest BCUT2D eigenvalue weighted by Gasteiger charge is 2.40. The number of nitrogens with one attached hydrogen (secondary N) is 1. The summed E-state index contributed by atoms with van der Waals surface area (Å²) in [4.78, 5) is 19.8. The predicted octanol–water partition coefficient (Wildman–Crippen LogP) is 3.80. The van der Waals surface area contributed by atoms with Crippen LogP contribution in [0.2, 0.25) is 5.02 Å². The number of amides is 1. The van der Waals surface area contributed by atoms with E-state index in [-0.39, 0.29) is 11.9 Å². The van der Waals surface area contributed by atoms with Gasteiger partial charge < -0.3 is 10.1 Å². The molecule has 0 aliphatic carbocycles. The number of nitrogens with zero attached hydrogens (tertiary/aromatic N) is 2. The fourth-order valence-electron chi connectivity index (χ4n) is 3.83. The lowest BCUT2D eigenvalue weighted by molar-refractivity contribution is 0.0218. The minimum absolute atomic E-state index is 0.0188. The zero-order valence-corrected chi connectivity index (χ0v) is 15.5. The summed E-state index contributed by atoms with van der Waals surface area (Å²) in [6.45, 7) is 4.52. The molecule has 3 aliphatic heterocycles. The lowest BCUT2D eigenvalue weighted by atomic mass is 9.79. The van der Waals surface area contributed by atoms with Crippen molar-refractivity contribution in [3.05, 3.63) is 40.5 Å². The first kappa shape index (κ1) is 16.8. The summed E-state index contributed by atoms with van der Waals surface area (Å²) >= 11 is 7.25. The van der Waals surface area contributed by atoms with Crippen LogP contribution < -0.4 is 10.1 Å². The minimum atomic E-state index is -0.0188. The molecule has 0 unspecified atom stereocenters. The number of hydrogen-bond donors (Lipinski definition) is 1. The average molecular weight is 378 g/mol. The van der Waals surface area contributed by atoms with E-state index in [2.05, 4.69) is 22.1 Å². The topological polar surface area (TPSA) is 54.5 Å². The van der Waals surface area contributed by atoms with Crippen LogP contribution in [0.1, 0.15) is 29.4 Å². The van der Waals surface area contributed by atoms with E-state index in [0.717, 1.165) is 13.1 Å². The maximum absolute atomic E-state index is 12.6. The average Bonchev–Trinajstić information content (AvgIpc) is 3.07. The number of ether oxygens (including phenoxy) is 1. The molecule has 5 rings (SSSR count). The van der Waals surface area contributed by atoms with Crippen LogP contribution in [-0.4, -0.2) is 41.0 Å². The fraction of sp³-hybridized carbons (Fsp3) is 0.444. The van der Waals surface area contributed by atoms with Gasteiger partial charge in [-0.2, -0.15) is 0 Å². The van der Waals surface area contributed by atoms with Gasteiger partial charge in [-0.3, -0.25) is 14.7 Å². The summed E-state index contributed by atoms with van der Waals surface area (Å²) < 4.78 is 5.73. The number of fused-ring (bicyclic) bond motifs is 3. The van der Waals surface area contributed by atoms with E-state index in [9.17, 15) is 4.79 Å². The molecule has 2 aromatic heterocycles. The second kappa shape index (κ2) is 6.94. The van der Waals surface area contributed by atoms with Gasteiger partial charge in [0.25, 0.3) is 5.91 Å². The first-order chi connectivity index (χ1) is 12.1. The molecular formula is C18H20ClN3O2S. The van der Waals surface area contributed by atoms with Crippen LogP contribution in [0.5, 0.6) is 10.8 Å². The van der Waals surface area contributed by atoms with Crippen LogP contribution in [-0.2, 0) is 0 Å². The highest BCUT2D eigenvalue weighted by molar-refractivity contribution is 7.15. The van der Waals surface area contributed by atoms with E-state index in [4.69, 9.17) is 16.3 Å². The fourth-order valence-corrected chi connectivity index (χ4v) is 4.77. The predicted molar refractivity (Wildman–Crippen MR) is 98.7 cm³/mol. The zero-order chi connectivity index (χ0) is 17.4. The standard InChI is InChI=1S/C18H20ClN3O2S/c1-11-17(12-4-6-22(11)7-5-12)21-18(23)15-2-3-16(25-15)24-14-8-13(19)9-20-10-14/h2-3,8-12,17H,4-7H2,1H3,(H,21,23)/t11-,17-/m0/s1. The molecule has 0 saturated carbocycles. The van der Waals surface area contributed by atoms with E-state index in [0.29, 0.717) is 32.7 Å². The van der Waals surface area contributed by atoms with Crippen LogP contribution in [0, 0.1) is 5.92 Å². The number of aromatic nitrogens is 1. The maximum Gasteiger partial charge on any atom is 0.261 e. The quantitative estimate of drug-likeness (QED) is 0.880. The minimum Gasteiger partial charge on any atom is -0.445 e. The van der Waals surface area contributed by atoms with Crippen molar-refractivity contribution < 1.29 is 9.53 Å². The number of hydrogen-bond acceptors (Lipinski definition) is 5. The van der Waals surface area contributed by atoms with Crippen molar-refractivity contribution in [2.45, 2.75) is 31.8 Å². The Morgan fingerprint density at radius 3 is 2.88 bits per heavy atom. The summed E-state index contributed by atoms with van der Waals surface area (Å²) in [5, 5.41) is 4.41. The van der Waals surface area contributed by atoms with Crippen LogP contribution >= 0.6 is 22.9 Å². The summed E-state index contributed by atoms with van der Waals surface area (Å²) in [7, 11) is 0. The Bertz CT molecular complexity index is 771. The van der Waals surface area contributed by atoms with Crippen molar-refractivity contribution in [2.75, 3.05) is 13.1 Å². The van der Waals surface area contributed by atoms with Crippen molar-refractivity contribution in [2.24, 2.45) is 5.92 Å². The number of carbonyl (C=O) groups is 1. The first-order valence-corrected chi connectivity index (χ1v) is 9.73. The second-order valence-electron chi connectivity index (χ2n) is 6.67. The van der Waals surface area contributed by atoms with E-state index in [1.807, 2.05) is 0 Å². The zero-order valence-electron chi connectivity index (χ0n) is 13.9. The van der Waals surface area contributed by atoms with E-state index >= 15 is 0 Å². The van der Waals surface area contributed by atoms with Crippen molar-refractivity contribution >= 4 is 28.8 Å². The Balaban J connectivity index is 1.42. The normalized spacial score (nSPS) is 27.9. The Morgan fingerprint density at radius 1 is 1.36 bits per heavy atom. The van der Waals surface area contributed by atoms with Gasteiger partial charge >= 0.3 is 0 Å². The van der Waals surface area contributed by atoms with E-state index in [1.54, 1.807) is 30.6 Å². The highest BCUT2D eigenvalue weighted by atomic mass is 35.5. The summed E-state index contributed by atoms with van der Waals surface area (Å²) in [5.41, 5.74) is 0. The second-order valence-corrected chi connectivity index (χ2v) is 8.16. The number of pyridine rings is 1. The van der Waals surface area contributed by atoms with Crippen molar-refractivity contribution in [3.8, 4) is 10.8 Å². The van der Waals surface area contributed by atoms with Crippen molar-refractivity contribution in [1.82, 2.24) is 15.2 Å². The van der Waals surface area contributed by atoms with Crippen LogP contribution in [0.3, 0.4) is 0 Å². The molecule has 7 heteroatoms. The molecule has 2 aromatic rings. The molecule has 1 amide bonds. The number of thiophene rings is 1. The van der Waals surface area contributed by atoms with Gasteiger partial charge in [-0.15, -0.1) is 0 Å². The third-order valence-electron chi connectivity index (χ3n) is 5.18. The molecule has 5 nitrogen and oxygen atoms in total. The summed E-state index contributed by atoms with van der Waals surface area (Å²) in [5.74, 6) is 1.14. The molecule has 2 atom stereocenters. The molecular weight excluding hydrogens is 358 g/mol. The lowest BCUT2D eigenvalue weighted by Gasteiger charge is -2.49. The molecule has 5 heterocycles. The van der Waals surface area contributed by atoms with Gasteiger partial charge in [0.05, 0.1) is 16.1 Å². The Kier molecular flexibility index (Phi) is 4.67. The van der Waals surface area contributed by atoms with E-state index < -0.39 is 0 Å². The third-order valence-corrected chi connectivity index (χ3v) is 6.35. The summed E-state index contributed by atoms with van der Waals surface area (Å²) in [6, 6.07) is 5.95. The number of carbonyl (C=O) groups excluding carboxylic acids is 1. The molecule has 3 saturated heterocycles. The largest absolute Gasteiger partial charge is 0.445 e. The van der Waals surface area contributed by atoms with Crippen LogP contribution in [0.4, 0.5) is 0 Å². The summed E-state index contributed by atoms with van der Waals surface area (Å²) in [6.07, 6.45) is 5.50. The van der Waals surface area contributed by atoms with Crippen molar-refractivity contribution in [3.63, 3.8) is 0 Å². The van der Waals surface area contributed by atoms with Gasteiger partial charge in [-0.1, -0.05) is 22.9 Å². The first-order valence-electron chi connectivity index (χ1n) is 8.53. The third kappa shape index (κ3) is 3.52. The number of halogens is 1.